The van der Waals surface area contributed by atoms with Crippen molar-refractivity contribution in [3.8, 4) is 5.75 Å². The second-order valence-electron chi connectivity index (χ2n) is 6.71. The van der Waals surface area contributed by atoms with Gasteiger partial charge in [0.25, 0.3) is 0 Å². The summed E-state index contributed by atoms with van der Waals surface area (Å²) in [5.41, 5.74) is 1.44. The van der Waals surface area contributed by atoms with E-state index in [1.165, 1.54) is 0 Å². The number of ether oxygens (including phenoxy) is 2. The quantitative estimate of drug-likeness (QED) is 0.800. The molecule has 3 rings (SSSR count). The summed E-state index contributed by atoms with van der Waals surface area (Å²) in [7, 11) is 0. The minimum absolute atomic E-state index is 0.00296. The number of hydrogen-bond donors (Lipinski definition) is 1. The molecule has 1 aromatic carbocycles. The van der Waals surface area contributed by atoms with Crippen molar-refractivity contribution in [2.24, 2.45) is 0 Å². The second-order valence-corrected chi connectivity index (χ2v) is 6.71. The lowest BCUT2D eigenvalue weighted by atomic mass is 10.1. The Bertz CT molecular complexity index is 640. The molecular weight excluding hydrogens is 320 g/mol. The highest BCUT2D eigenvalue weighted by Gasteiger charge is 2.27. The second kappa shape index (κ2) is 7.87. The molecule has 25 heavy (non-hydrogen) atoms. The highest BCUT2D eigenvalue weighted by molar-refractivity contribution is 5.96. The van der Waals surface area contributed by atoms with Gasteiger partial charge in [-0.25, -0.2) is 0 Å². The van der Waals surface area contributed by atoms with Gasteiger partial charge >= 0.3 is 0 Å². The maximum Gasteiger partial charge on any atom is 0.239 e. The van der Waals surface area contributed by atoms with Gasteiger partial charge < -0.3 is 19.7 Å². The lowest BCUT2D eigenvalue weighted by Crippen LogP contribution is -2.46. The van der Waals surface area contributed by atoms with Crippen molar-refractivity contribution in [3.05, 3.63) is 23.8 Å². The standard InChI is InChI=1S/C19H26N2O4/c1-3-15-11-21(12-19(23)20-10-16-5-4-8-24-16)17-9-14(13(2)22)6-7-18(17)25-15/h6-7,9,15-16H,3-5,8,10-12H2,1-2H3,(H,20,23). The summed E-state index contributed by atoms with van der Waals surface area (Å²) in [6.07, 6.45) is 3.10. The topological polar surface area (TPSA) is 67.9 Å². The summed E-state index contributed by atoms with van der Waals surface area (Å²) in [6.45, 7) is 5.83. The van der Waals surface area contributed by atoms with E-state index in [1.54, 1.807) is 13.0 Å². The summed E-state index contributed by atoms with van der Waals surface area (Å²) in [5, 5.41) is 2.96. The third kappa shape index (κ3) is 4.31. The monoisotopic (exact) mass is 346 g/mol. The molecule has 2 heterocycles. The van der Waals surface area contributed by atoms with Crippen LogP contribution < -0.4 is 15.0 Å². The first-order valence-electron chi connectivity index (χ1n) is 9.01. The molecular formula is C19H26N2O4. The molecule has 0 aliphatic carbocycles. The van der Waals surface area contributed by atoms with Crippen LogP contribution in [0, 0.1) is 0 Å². The lowest BCUT2D eigenvalue weighted by molar-refractivity contribution is -0.120. The van der Waals surface area contributed by atoms with Crippen LogP contribution >= 0.6 is 0 Å². The van der Waals surface area contributed by atoms with Gasteiger partial charge in [-0.05, 0) is 44.4 Å². The zero-order chi connectivity index (χ0) is 17.8. The fourth-order valence-corrected chi connectivity index (χ4v) is 3.27. The minimum Gasteiger partial charge on any atom is -0.486 e. The third-order valence-corrected chi connectivity index (χ3v) is 4.76. The largest absolute Gasteiger partial charge is 0.486 e. The average molecular weight is 346 g/mol. The molecule has 2 atom stereocenters. The molecule has 136 valence electrons. The number of hydrogen-bond acceptors (Lipinski definition) is 5. The Labute approximate surface area is 148 Å². The van der Waals surface area contributed by atoms with E-state index in [4.69, 9.17) is 9.47 Å². The number of nitrogens with zero attached hydrogens (tertiary/aromatic N) is 1. The van der Waals surface area contributed by atoms with Crippen LogP contribution in [-0.2, 0) is 9.53 Å². The first-order valence-corrected chi connectivity index (χ1v) is 9.01. The van der Waals surface area contributed by atoms with E-state index in [0.717, 1.165) is 37.3 Å². The molecule has 1 N–H and O–H groups in total. The van der Waals surface area contributed by atoms with E-state index < -0.39 is 0 Å². The predicted molar refractivity (Wildman–Crippen MR) is 95.4 cm³/mol. The van der Waals surface area contributed by atoms with Crippen LogP contribution in [0.3, 0.4) is 0 Å². The maximum absolute atomic E-state index is 12.4. The maximum atomic E-state index is 12.4. The Kier molecular flexibility index (Phi) is 5.58. The number of ketones is 1. The van der Waals surface area contributed by atoms with Crippen LogP contribution in [0.4, 0.5) is 5.69 Å². The fourth-order valence-electron chi connectivity index (χ4n) is 3.27. The van der Waals surface area contributed by atoms with E-state index in [1.807, 2.05) is 17.0 Å². The van der Waals surface area contributed by atoms with Gasteiger partial charge in [0, 0.05) is 18.7 Å². The number of carbonyl (C=O) groups excluding carboxylic acids is 2. The zero-order valence-electron chi connectivity index (χ0n) is 14.9. The molecule has 2 unspecified atom stereocenters. The van der Waals surface area contributed by atoms with Crippen LogP contribution in [0.2, 0.25) is 0 Å². The Balaban J connectivity index is 1.69. The Morgan fingerprint density at radius 1 is 1.32 bits per heavy atom. The Hall–Kier alpha value is -2.08. The van der Waals surface area contributed by atoms with E-state index in [2.05, 4.69) is 12.2 Å². The molecule has 2 aliphatic heterocycles. The average Bonchev–Trinajstić information content (AvgIpc) is 3.13. The van der Waals surface area contributed by atoms with Crippen molar-refractivity contribution >= 4 is 17.4 Å². The molecule has 2 aliphatic rings. The third-order valence-electron chi connectivity index (χ3n) is 4.76. The first kappa shape index (κ1) is 17.7. The number of nitrogens with one attached hydrogen (secondary N) is 1. The number of anilines is 1. The summed E-state index contributed by atoms with van der Waals surface area (Å²) >= 11 is 0. The fraction of sp³-hybridized carbons (Fsp3) is 0.579. The van der Waals surface area contributed by atoms with E-state index in [0.29, 0.717) is 18.7 Å². The van der Waals surface area contributed by atoms with Crippen molar-refractivity contribution in [2.45, 2.75) is 45.3 Å². The Morgan fingerprint density at radius 3 is 2.84 bits per heavy atom. The molecule has 6 nitrogen and oxygen atoms in total. The number of rotatable bonds is 6. The van der Waals surface area contributed by atoms with E-state index in [9.17, 15) is 9.59 Å². The van der Waals surface area contributed by atoms with Gasteiger partial charge in [-0.1, -0.05) is 6.92 Å². The van der Waals surface area contributed by atoms with Crippen molar-refractivity contribution < 1.29 is 19.1 Å². The summed E-state index contributed by atoms with van der Waals surface area (Å²) in [4.78, 5) is 26.1. The molecule has 1 aromatic rings. The number of amides is 1. The molecule has 0 aromatic heterocycles. The normalized spacial score (nSPS) is 22.2. The first-order chi connectivity index (χ1) is 12.1. The van der Waals surface area contributed by atoms with Crippen LogP contribution in [0.15, 0.2) is 18.2 Å². The number of fused-ring (bicyclic) bond motifs is 1. The summed E-state index contributed by atoms with van der Waals surface area (Å²) in [5.74, 6) is 0.699. The molecule has 0 spiro atoms. The van der Waals surface area contributed by atoms with E-state index >= 15 is 0 Å². The molecule has 6 heteroatoms. The number of carbonyl (C=O) groups is 2. The number of Topliss-reactive ketones (excluding diaryl/α,β-unsaturated/α-hetero) is 1. The van der Waals surface area contributed by atoms with Gasteiger partial charge in [-0.3, -0.25) is 9.59 Å². The molecule has 1 amide bonds. The molecule has 0 saturated carbocycles. The SMILES string of the molecule is CCC1CN(CC(=O)NCC2CCCO2)c2cc(C(C)=O)ccc2O1. The summed E-state index contributed by atoms with van der Waals surface area (Å²) in [6, 6.07) is 5.41. The van der Waals surface area contributed by atoms with Gasteiger partial charge in [0.1, 0.15) is 11.9 Å². The highest BCUT2D eigenvalue weighted by atomic mass is 16.5. The molecule has 1 fully saturated rings. The van der Waals surface area contributed by atoms with Crippen molar-refractivity contribution in [1.29, 1.82) is 0 Å². The van der Waals surface area contributed by atoms with Crippen LogP contribution in [0.5, 0.6) is 5.75 Å². The van der Waals surface area contributed by atoms with Crippen LogP contribution in [0.1, 0.15) is 43.5 Å². The van der Waals surface area contributed by atoms with Gasteiger partial charge in [0.05, 0.1) is 24.9 Å². The molecule has 1 saturated heterocycles. The smallest absolute Gasteiger partial charge is 0.239 e. The number of benzene rings is 1. The highest BCUT2D eigenvalue weighted by Crippen LogP contribution is 2.35. The van der Waals surface area contributed by atoms with Crippen molar-refractivity contribution in [1.82, 2.24) is 5.32 Å². The minimum atomic E-state index is -0.0357. The van der Waals surface area contributed by atoms with Crippen LogP contribution in [0.25, 0.3) is 0 Å². The van der Waals surface area contributed by atoms with Gasteiger partial charge in [-0.2, -0.15) is 0 Å². The van der Waals surface area contributed by atoms with Gasteiger partial charge in [0.15, 0.2) is 5.78 Å². The van der Waals surface area contributed by atoms with Crippen LogP contribution in [-0.4, -0.2) is 50.1 Å². The molecule has 0 radical (unpaired) electrons. The van der Waals surface area contributed by atoms with Crippen molar-refractivity contribution in [2.75, 3.05) is 31.1 Å². The Morgan fingerprint density at radius 2 is 2.16 bits per heavy atom. The van der Waals surface area contributed by atoms with Crippen molar-refractivity contribution in [3.63, 3.8) is 0 Å². The zero-order valence-corrected chi connectivity index (χ0v) is 14.9. The lowest BCUT2D eigenvalue weighted by Gasteiger charge is -2.36. The van der Waals surface area contributed by atoms with E-state index in [-0.39, 0.29) is 30.4 Å². The predicted octanol–water partition coefficient (Wildman–Crippen LogP) is 2.16. The molecule has 0 bridgehead atoms. The summed E-state index contributed by atoms with van der Waals surface area (Å²) < 4.78 is 11.5. The van der Waals surface area contributed by atoms with Gasteiger partial charge in [0.2, 0.25) is 5.91 Å². The van der Waals surface area contributed by atoms with Gasteiger partial charge in [-0.15, -0.1) is 0 Å².